The van der Waals surface area contributed by atoms with Gasteiger partial charge in [-0.15, -0.1) is 0 Å². The molecule has 0 radical (unpaired) electrons. The summed E-state index contributed by atoms with van der Waals surface area (Å²) in [6, 6.07) is 22.8. The Kier molecular flexibility index (Phi) is 9.51. The zero-order chi connectivity index (χ0) is 31.4. The van der Waals surface area contributed by atoms with Crippen molar-refractivity contribution in [3.63, 3.8) is 0 Å². The number of hydrogen-bond acceptors (Lipinski definition) is 6. The van der Waals surface area contributed by atoms with Gasteiger partial charge in [0.2, 0.25) is 0 Å². The molecule has 3 aromatic carbocycles. The van der Waals surface area contributed by atoms with Crippen LogP contribution in [0.4, 0.5) is 4.79 Å². The van der Waals surface area contributed by atoms with Gasteiger partial charge in [0.15, 0.2) is 6.61 Å². The minimum Gasteiger partial charge on any atom is -0.490 e. The number of halogens is 1. The van der Waals surface area contributed by atoms with Crippen molar-refractivity contribution in [3.05, 3.63) is 83.5 Å². The molecule has 8 nitrogen and oxygen atoms in total. The number of aromatic nitrogens is 1. The fourth-order valence-electron chi connectivity index (χ4n) is 5.42. The van der Waals surface area contributed by atoms with E-state index in [2.05, 4.69) is 4.90 Å². The molecule has 5 rings (SSSR count). The topological polar surface area (TPSA) is 73.2 Å². The maximum Gasteiger partial charge on any atom is 0.419 e. The van der Waals surface area contributed by atoms with Crippen LogP contribution in [0.5, 0.6) is 11.5 Å². The van der Waals surface area contributed by atoms with Crippen LogP contribution < -0.4 is 9.47 Å². The molecule has 2 heterocycles. The lowest BCUT2D eigenvalue weighted by Crippen LogP contribution is -2.49. The van der Waals surface area contributed by atoms with E-state index in [-0.39, 0.29) is 18.6 Å². The molecule has 44 heavy (non-hydrogen) atoms. The highest BCUT2D eigenvalue weighted by atomic mass is 35.5. The van der Waals surface area contributed by atoms with E-state index in [1.165, 1.54) is 0 Å². The molecule has 0 bridgehead atoms. The van der Waals surface area contributed by atoms with Crippen LogP contribution in [0.3, 0.4) is 0 Å². The van der Waals surface area contributed by atoms with Crippen molar-refractivity contribution >= 4 is 34.5 Å². The highest BCUT2D eigenvalue weighted by Crippen LogP contribution is 2.41. The molecule has 1 aliphatic heterocycles. The second kappa shape index (κ2) is 13.3. The van der Waals surface area contributed by atoms with E-state index in [0.29, 0.717) is 43.5 Å². The van der Waals surface area contributed by atoms with Gasteiger partial charge in [-0.3, -0.25) is 9.69 Å². The van der Waals surface area contributed by atoms with Gasteiger partial charge in [-0.05, 0) is 71.0 Å². The maximum atomic E-state index is 13.8. The minimum absolute atomic E-state index is 0.0203. The summed E-state index contributed by atoms with van der Waals surface area (Å²) in [5, 5.41) is 1.56. The number of carbonyl (C=O) groups excluding carboxylic acids is 2. The van der Waals surface area contributed by atoms with E-state index < -0.39 is 11.7 Å². The number of piperazine rings is 1. The standard InChI is InChI=1S/C35H40ClN3O5/c1-24(2)43-31-13-9-7-11-28(31)33-27-10-6-8-12-29(27)39(34(41)44-35(3,4)5)30(33)22-37-18-20-38(21-19-37)32(40)23-42-26-16-14-25(36)15-17-26/h6-17,24H,18-23H2,1-5H3. The zero-order valence-electron chi connectivity index (χ0n) is 26.0. The highest BCUT2D eigenvalue weighted by Gasteiger charge is 2.30. The van der Waals surface area contributed by atoms with Crippen LogP contribution in [0, 0.1) is 0 Å². The van der Waals surface area contributed by atoms with Crippen molar-refractivity contribution in [1.82, 2.24) is 14.4 Å². The number of nitrogens with zero attached hydrogens (tertiary/aromatic N) is 3. The summed E-state index contributed by atoms with van der Waals surface area (Å²) in [6.07, 6.45) is -0.446. The Hall–Kier alpha value is -4.01. The Balaban J connectivity index is 1.44. The van der Waals surface area contributed by atoms with Gasteiger partial charge < -0.3 is 19.1 Å². The quantitative estimate of drug-likeness (QED) is 0.207. The molecule has 9 heteroatoms. The van der Waals surface area contributed by atoms with E-state index in [9.17, 15) is 9.59 Å². The number of ether oxygens (including phenoxy) is 3. The fourth-order valence-corrected chi connectivity index (χ4v) is 5.55. The first-order chi connectivity index (χ1) is 21.0. The van der Waals surface area contributed by atoms with Crippen LogP contribution in [0.25, 0.3) is 22.0 Å². The van der Waals surface area contributed by atoms with Gasteiger partial charge in [0.1, 0.15) is 17.1 Å². The number of rotatable bonds is 8. The van der Waals surface area contributed by atoms with Crippen molar-refractivity contribution in [3.8, 4) is 22.6 Å². The van der Waals surface area contributed by atoms with Gasteiger partial charge >= 0.3 is 6.09 Å². The van der Waals surface area contributed by atoms with E-state index >= 15 is 0 Å². The van der Waals surface area contributed by atoms with E-state index in [0.717, 1.165) is 33.5 Å². The lowest BCUT2D eigenvalue weighted by Gasteiger charge is -2.35. The van der Waals surface area contributed by atoms with Gasteiger partial charge in [0.25, 0.3) is 5.91 Å². The van der Waals surface area contributed by atoms with Gasteiger partial charge in [0.05, 0.1) is 17.3 Å². The maximum absolute atomic E-state index is 13.8. The fraction of sp³-hybridized carbons (Fsp3) is 0.371. The van der Waals surface area contributed by atoms with Crippen molar-refractivity contribution in [2.24, 2.45) is 0 Å². The van der Waals surface area contributed by atoms with Crippen molar-refractivity contribution in [1.29, 1.82) is 0 Å². The summed E-state index contributed by atoms with van der Waals surface area (Å²) >= 11 is 5.95. The number of para-hydroxylation sites is 2. The SMILES string of the molecule is CC(C)Oc1ccccc1-c1c(CN2CCN(C(=O)COc3ccc(Cl)cc3)CC2)n(C(=O)OC(C)(C)C)c2ccccc12. The molecule has 0 unspecified atom stereocenters. The van der Waals surface area contributed by atoms with Crippen LogP contribution in [0.15, 0.2) is 72.8 Å². The molecule has 0 aliphatic carbocycles. The van der Waals surface area contributed by atoms with Crippen LogP contribution in [-0.4, -0.2) is 70.9 Å². The number of benzene rings is 3. The van der Waals surface area contributed by atoms with E-state index in [4.69, 9.17) is 25.8 Å². The molecule has 1 aliphatic rings. The third-order valence-electron chi connectivity index (χ3n) is 7.34. The lowest BCUT2D eigenvalue weighted by atomic mass is 10.00. The largest absolute Gasteiger partial charge is 0.490 e. The molecule has 1 amide bonds. The monoisotopic (exact) mass is 617 g/mol. The van der Waals surface area contributed by atoms with Gasteiger partial charge in [-0.2, -0.15) is 0 Å². The molecular weight excluding hydrogens is 578 g/mol. The summed E-state index contributed by atoms with van der Waals surface area (Å²) in [5.41, 5.74) is 2.80. The van der Waals surface area contributed by atoms with Gasteiger partial charge in [-0.25, -0.2) is 9.36 Å². The number of carbonyl (C=O) groups is 2. The third-order valence-corrected chi connectivity index (χ3v) is 7.59. The predicted octanol–water partition coefficient (Wildman–Crippen LogP) is 7.26. The summed E-state index contributed by atoms with van der Waals surface area (Å²) < 4.78 is 19.6. The average molecular weight is 618 g/mol. The Bertz CT molecular complexity index is 1620. The summed E-state index contributed by atoms with van der Waals surface area (Å²) in [5.74, 6) is 1.29. The molecule has 0 atom stereocenters. The van der Waals surface area contributed by atoms with Crippen LogP contribution >= 0.6 is 11.6 Å². The third kappa shape index (κ3) is 7.37. The summed E-state index contributed by atoms with van der Waals surface area (Å²) in [6.45, 7) is 12.5. The van der Waals surface area contributed by atoms with Crippen LogP contribution in [0.1, 0.15) is 40.3 Å². The van der Waals surface area contributed by atoms with Crippen molar-refractivity contribution in [2.45, 2.75) is 52.9 Å². The zero-order valence-corrected chi connectivity index (χ0v) is 26.8. The second-order valence-corrected chi connectivity index (χ2v) is 12.7. The average Bonchev–Trinajstić information content (AvgIpc) is 3.30. The van der Waals surface area contributed by atoms with Crippen molar-refractivity contribution in [2.75, 3.05) is 32.8 Å². The summed E-state index contributed by atoms with van der Waals surface area (Å²) in [7, 11) is 0. The lowest BCUT2D eigenvalue weighted by molar-refractivity contribution is -0.135. The minimum atomic E-state index is -0.668. The summed E-state index contributed by atoms with van der Waals surface area (Å²) in [4.78, 5) is 30.8. The smallest absolute Gasteiger partial charge is 0.419 e. The second-order valence-electron chi connectivity index (χ2n) is 12.2. The number of fused-ring (bicyclic) bond motifs is 1. The Morgan fingerprint density at radius 3 is 2.23 bits per heavy atom. The molecule has 232 valence electrons. The Morgan fingerprint density at radius 1 is 0.886 bits per heavy atom. The molecule has 1 aromatic heterocycles. The van der Waals surface area contributed by atoms with Crippen LogP contribution in [0.2, 0.25) is 5.02 Å². The Labute approximate surface area is 264 Å². The molecule has 0 spiro atoms. The predicted molar refractivity (Wildman–Crippen MR) is 174 cm³/mol. The molecule has 1 fully saturated rings. The molecule has 1 saturated heterocycles. The highest BCUT2D eigenvalue weighted by molar-refractivity contribution is 6.30. The van der Waals surface area contributed by atoms with E-state index in [1.807, 2.05) is 88.0 Å². The first-order valence-electron chi connectivity index (χ1n) is 15.0. The first kappa shape index (κ1) is 31.4. The van der Waals surface area contributed by atoms with Crippen LogP contribution in [-0.2, 0) is 16.1 Å². The molecule has 4 aromatic rings. The normalized spacial score (nSPS) is 14.2. The first-order valence-corrected chi connectivity index (χ1v) is 15.4. The molecular formula is C35H40ClN3O5. The Morgan fingerprint density at radius 2 is 1.55 bits per heavy atom. The van der Waals surface area contributed by atoms with Gasteiger partial charge in [-0.1, -0.05) is 48.0 Å². The van der Waals surface area contributed by atoms with Gasteiger partial charge in [0, 0.05) is 54.3 Å². The van der Waals surface area contributed by atoms with Crippen molar-refractivity contribution < 1.29 is 23.8 Å². The molecule has 0 N–H and O–H groups in total. The molecule has 0 saturated carbocycles. The number of hydrogen-bond donors (Lipinski definition) is 0. The van der Waals surface area contributed by atoms with E-state index in [1.54, 1.807) is 28.8 Å². The number of amides is 1.